The molecule has 0 unspecified atom stereocenters. The van der Waals surface area contributed by atoms with Crippen molar-refractivity contribution >= 4 is 0 Å². The van der Waals surface area contributed by atoms with E-state index in [4.69, 9.17) is 4.74 Å². The molecule has 0 saturated heterocycles. The van der Waals surface area contributed by atoms with Crippen molar-refractivity contribution in [1.82, 2.24) is 0 Å². The van der Waals surface area contributed by atoms with Gasteiger partial charge >= 0.3 is 0 Å². The van der Waals surface area contributed by atoms with E-state index in [2.05, 4.69) is 0 Å². The molecule has 13 heavy (non-hydrogen) atoms. The van der Waals surface area contributed by atoms with Gasteiger partial charge in [0.2, 0.25) is 0 Å². The van der Waals surface area contributed by atoms with E-state index in [0.29, 0.717) is 5.75 Å². The van der Waals surface area contributed by atoms with Gasteiger partial charge in [-0.05, 0) is 18.1 Å². The van der Waals surface area contributed by atoms with Crippen molar-refractivity contribution in [2.75, 3.05) is 6.61 Å². The zero-order chi connectivity index (χ0) is 9.68. The zero-order valence-corrected chi connectivity index (χ0v) is 7.47. The van der Waals surface area contributed by atoms with Gasteiger partial charge in [-0.2, -0.15) is 0 Å². The molecular formula is C10H12F2O. The average Bonchev–Trinajstić information content (AvgIpc) is 2.15. The number of hydrogen-bond donors (Lipinski definition) is 0. The van der Waals surface area contributed by atoms with E-state index in [0.717, 1.165) is 12.0 Å². The van der Waals surface area contributed by atoms with E-state index in [1.807, 2.05) is 19.1 Å². The van der Waals surface area contributed by atoms with Crippen molar-refractivity contribution in [3.63, 3.8) is 0 Å². The van der Waals surface area contributed by atoms with Gasteiger partial charge in [-0.25, -0.2) is 8.78 Å². The van der Waals surface area contributed by atoms with Gasteiger partial charge in [-0.1, -0.05) is 25.1 Å². The molecular weight excluding hydrogens is 174 g/mol. The third-order valence-electron chi connectivity index (χ3n) is 1.72. The van der Waals surface area contributed by atoms with Gasteiger partial charge in [0, 0.05) is 0 Å². The standard InChI is InChI=1S/C10H12F2O/c1-2-8-5-3-4-6-9(8)13-7-10(11)12/h3-6,10H,2,7H2,1H3. The number of ether oxygens (including phenoxy) is 1. The van der Waals surface area contributed by atoms with Crippen LogP contribution in [0.5, 0.6) is 5.75 Å². The van der Waals surface area contributed by atoms with Gasteiger partial charge in [0.05, 0.1) is 0 Å². The summed E-state index contributed by atoms with van der Waals surface area (Å²) >= 11 is 0. The highest BCUT2D eigenvalue weighted by Crippen LogP contribution is 2.18. The molecule has 0 aliphatic rings. The molecule has 0 bridgehead atoms. The second-order valence-corrected chi connectivity index (χ2v) is 2.66. The van der Waals surface area contributed by atoms with E-state index < -0.39 is 13.0 Å². The lowest BCUT2D eigenvalue weighted by molar-refractivity contribution is 0.0814. The molecule has 1 aromatic carbocycles. The molecule has 0 heterocycles. The molecule has 0 amide bonds. The third kappa shape index (κ3) is 3.01. The van der Waals surface area contributed by atoms with Crippen molar-refractivity contribution in [1.29, 1.82) is 0 Å². The van der Waals surface area contributed by atoms with Crippen molar-refractivity contribution in [2.45, 2.75) is 19.8 Å². The van der Waals surface area contributed by atoms with Crippen LogP contribution < -0.4 is 4.74 Å². The summed E-state index contributed by atoms with van der Waals surface area (Å²) in [6.45, 7) is 1.43. The molecule has 1 nitrogen and oxygen atoms in total. The molecule has 0 atom stereocenters. The van der Waals surface area contributed by atoms with Crippen LogP contribution in [0.4, 0.5) is 8.78 Å². The highest BCUT2D eigenvalue weighted by atomic mass is 19.3. The second-order valence-electron chi connectivity index (χ2n) is 2.66. The molecule has 1 aromatic rings. The van der Waals surface area contributed by atoms with Crippen LogP contribution in [0.15, 0.2) is 24.3 Å². The summed E-state index contributed by atoms with van der Waals surface area (Å²) < 4.78 is 28.6. The number of aryl methyl sites for hydroxylation is 1. The molecule has 1 rings (SSSR count). The Balaban J connectivity index is 2.64. The van der Waals surface area contributed by atoms with Gasteiger partial charge in [0.25, 0.3) is 6.43 Å². The summed E-state index contributed by atoms with van der Waals surface area (Å²) in [6.07, 6.45) is -1.62. The highest BCUT2D eigenvalue weighted by molar-refractivity contribution is 5.33. The number of benzene rings is 1. The smallest absolute Gasteiger partial charge is 0.272 e. The molecule has 0 aromatic heterocycles. The first kappa shape index (κ1) is 9.96. The lowest BCUT2D eigenvalue weighted by Gasteiger charge is -2.08. The number of halogens is 2. The number of rotatable bonds is 4. The van der Waals surface area contributed by atoms with Crippen molar-refractivity contribution < 1.29 is 13.5 Å². The van der Waals surface area contributed by atoms with E-state index in [-0.39, 0.29) is 0 Å². The number of alkyl halides is 2. The Labute approximate surface area is 76.3 Å². The van der Waals surface area contributed by atoms with Gasteiger partial charge in [0.1, 0.15) is 12.4 Å². The molecule has 0 saturated carbocycles. The first-order chi connectivity index (χ1) is 6.24. The van der Waals surface area contributed by atoms with Crippen LogP contribution in [-0.2, 0) is 6.42 Å². The van der Waals surface area contributed by atoms with Crippen LogP contribution in [0.2, 0.25) is 0 Å². The van der Waals surface area contributed by atoms with E-state index in [1.54, 1.807) is 12.1 Å². The fraction of sp³-hybridized carbons (Fsp3) is 0.400. The summed E-state index contributed by atoms with van der Waals surface area (Å²) in [5.41, 5.74) is 0.961. The summed E-state index contributed by atoms with van der Waals surface area (Å²) in [6, 6.07) is 7.23. The maximum Gasteiger partial charge on any atom is 0.272 e. The lowest BCUT2D eigenvalue weighted by atomic mass is 10.1. The third-order valence-corrected chi connectivity index (χ3v) is 1.72. The summed E-state index contributed by atoms with van der Waals surface area (Å²) in [7, 11) is 0. The van der Waals surface area contributed by atoms with Crippen LogP contribution in [-0.4, -0.2) is 13.0 Å². The maximum absolute atomic E-state index is 11.8. The molecule has 72 valence electrons. The Morgan fingerprint density at radius 1 is 1.31 bits per heavy atom. The van der Waals surface area contributed by atoms with Gasteiger partial charge < -0.3 is 4.74 Å². The van der Waals surface area contributed by atoms with Crippen molar-refractivity contribution in [3.05, 3.63) is 29.8 Å². The minimum Gasteiger partial charge on any atom is -0.487 e. The lowest BCUT2D eigenvalue weighted by Crippen LogP contribution is -2.08. The van der Waals surface area contributed by atoms with Gasteiger partial charge in [0.15, 0.2) is 0 Å². The highest BCUT2D eigenvalue weighted by Gasteiger charge is 2.05. The van der Waals surface area contributed by atoms with E-state index >= 15 is 0 Å². The maximum atomic E-state index is 11.8. The largest absolute Gasteiger partial charge is 0.487 e. The van der Waals surface area contributed by atoms with Crippen LogP contribution in [0.1, 0.15) is 12.5 Å². The first-order valence-electron chi connectivity index (χ1n) is 4.23. The Kier molecular flexibility index (Phi) is 3.68. The fourth-order valence-corrected chi connectivity index (χ4v) is 1.09. The quantitative estimate of drug-likeness (QED) is 0.702. The van der Waals surface area contributed by atoms with Crippen LogP contribution >= 0.6 is 0 Å². The zero-order valence-electron chi connectivity index (χ0n) is 7.47. The molecule has 0 radical (unpaired) electrons. The first-order valence-corrected chi connectivity index (χ1v) is 4.23. The fourth-order valence-electron chi connectivity index (χ4n) is 1.09. The SMILES string of the molecule is CCc1ccccc1OCC(F)F. The Hall–Kier alpha value is -1.12. The van der Waals surface area contributed by atoms with Gasteiger partial charge in [-0.15, -0.1) is 0 Å². The summed E-state index contributed by atoms with van der Waals surface area (Å²) in [5, 5.41) is 0. The molecule has 0 spiro atoms. The molecule has 0 fully saturated rings. The van der Waals surface area contributed by atoms with E-state index in [1.165, 1.54) is 0 Å². The predicted molar refractivity (Wildman–Crippen MR) is 47.3 cm³/mol. The molecule has 0 aliphatic carbocycles. The molecule has 0 aliphatic heterocycles. The average molecular weight is 186 g/mol. The minimum atomic E-state index is -2.41. The van der Waals surface area contributed by atoms with Crippen LogP contribution in [0.25, 0.3) is 0 Å². The Morgan fingerprint density at radius 2 is 2.00 bits per heavy atom. The monoisotopic (exact) mass is 186 g/mol. The summed E-state index contributed by atoms with van der Waals surface area (Å²) in [5.74, 6) is 0.560. The second kappa shape index (κ2) is 4.80. The normalized spacial score (nSPS) is 10.5. The molecule has 3 heteroatoms. The van der Waals surface area contributed by atoms with Crippen LogP contribution in [0.3, 0.4) is 0 Å². The minimum absolute atomic E-state index is 0.531. The molecule has 0 N–H and O–H groups in total. The van der Waals surface area contributed by atoms with Crippen molar-refractivity contribution in [2.24, 2.45) is 0 Å². The topological polar surface area (TPSA) is 9.23 Å². The Morgan fingerprint density at radius 3 is 2.62 bits per heavy atom. The summed E-state index contributed by atoms with van der Waals surface area (Å²) in [4.78, 5) is 0. The Bertz CT molecular complexity index is 261. The number of para-hydroxylation sites is 1. The van der Waals surface area contributed by atoms with Crippen LogP contribution in [0, 0.1) is 0 Å². The van der Waals surface area contributed by atoms with Crippen molar-refractivity contribution in [3.8, 4) is 5.75 Å². The van der Waals surface area contributed by atoms with E-state index in [9.17, 15) is 8.78 Å². The predicted octanol–water partition coefficient (Wildman–Crippen LogP) is 2.89. The van der Waals surface area contributed by atoms with Gasteiger partial charge in [-0.3, -0.25) is 0 Å². The number of hydrogen-bond acceptors (Lipinski definition) is 1.